The summed E-state index contributed by atoms with van der Waals surface area (Å²) in [6, 6.07) is 12.5. The molecule has 0 saturated heterocycles. The minimum atomic E-state index is -0.181. The second-order valence-corrected chi connectivity index (χ2v) is 6.73. The number of pyridine rings is 1. The topological polar surface area (TPSA) is 90.8 Å². The molecule has 0 fully saturated rings. The first-order chi connectivity index (χ1) is 14.6. The van der Waals surface area contributed by atoms with Crippen LogP contribution in [0.25, 0.3) is 22.6 Å². The number of likely N-dealkylation sites (N-methyl/N-ethyl adjacent to an activating group) is 1. The molecule has 4 aromatic rings. The van der Waals surface area contributed by atoms with Crippen molar-refractivity contribution >= 4 is 17.0 Å². The number of aryl methyl sites for hydroxylation is 1. The zero-order valence-electron chi connectivity index (χ0n) is 16.9. The average molecular weight is 407 g/mol. The molecule has 3 heterocycles. The molecule has 0 spiro atoms. The number of furan rings is 1. The number of hydrogen-bond donors (Lipinski definition) is 0. The summed E-state index contributed by atoms with van der Waals surface area (Å²) in [5.74, 6) is 1.83. The molecule has 0 N–H and O–H groups in total. The first-order valence-electron chi connectivity index (χ1n) is 9.40. The van der Waals surface area contributed by atoms with E-state index in [1.807, 2.05) is 24.3 Å². The fourth-order valence-electron chi connectivity index (χ4n) is 3.09. The monoisotopic (exact) mass is 407 g/mol. The van der Waals surface area contributed by atoms with E-state index in [2.05, 4.69) is 10.1 Å². The molecule has 4 rings (SSSR count). The highest BCUT2D eigenvalue weighted by Crippen LogP contribution is 2.28. The first kappa shape index (κ1) is 19.5. The molecule has 3 aromatic heterocycles. The Labute approximate surface area is 173 Å². The van der Waals surface area contributed by atoms with Crippen LogP contribution in [0.5, 0.6) is 11.5 Å². The lowest BCUT2D eigenvalue weighted by Gasteiger charge is -2.18. The zero-order valence-corrected chi connectivity index (χ0v) is 16.9. The van der Waals surface area contributed by atoms with Crippen LogP contribution in [0.15, 0.2) is 57.7 Å². The number of nitrogens with zero attached hydrogens (tertiary/aromatic N) is 3. The van der Waals surface area contributed by atoms with Gasteiger partial charge in [0.15, 0.2) is 5.76 Å². The number of carbonyl (C=O) groups is 1. The van der Waals surface area contributed by atoms with Crippen molar-refractivity contribution in [2.24, 2.45) is 0 Å². The molecule has 0 aliphatic carbocycles. The van der Waals surface area contributed by atoms with Crippen LogP contribution < -0.4 is 9.47 Å². The third kappa shape index (κ3) is 3.84. The molecule has 8 heteroatoms. The average Bonchev–Trinajstić information content (AvgIpc) is 3.43. The summed E-state index contributed by atoms with van der Waals surface area (Å²) >= 11 is 0. The van der Waals surface area contributed by atoms with Gasteiger partial charge in [-0.25, -0.2) is 4.98 Å². The lowest BCUT2D eigenvalue weighted by molar-refractivity contribution is 0.0775. The number of ether oxygens (including phenoxy) is 2. The molecular weight excluding hydrogens is 386 g/mol. The lowest BCUT2D eigenvalue weighted by Crippen LogP contribution is -2.31. The van der Waals surface area contributed by atoms with E-state index in [1.54, 1.807) is 50.4 Å². The van der Waals surface area contributed by atoms with Crippen LogP contribution in [-0.4, -0.2) is 48.3 Å². The van der Waals surface area contributed by atoms with Crippen molar-refractivity contribution in [1.82, 2.24) is 15.0 Å². The third-order valence-electron chi connectivity index (χ3n) is 4.72. The quantitative estimate of drug-likeness (QED) is 0.458. The van der Waals surface area contributed by atoms with Crippen molar-refractivity contribution in [3.05, 3.63) is 60.0 Å². The fraction of sp³-hybridized carbons (Fsp3) is 0.227. The molecule has 8 nitrogen and oxygen atoms in total. The highest BCUT2D eigenvalue weighted by molar-refractivity contribution is 6.06. The van der Waals surface area contributed by atoms with Gasteiger partial charge in [-0.15, -0.1) is 0 Å². The van der Waals surface area contributed by atoms with Crippen LogP contribution in [0.2, 0.25) is 0 Å². The standard InChI is InChI=1S/C22H21N3O5/c1-14-20-17(13-18(19-5-4-11-29-19)23-21(20)30-24-14)22(26)25(2)10-12-28-16-8-6-15(27-3)7-9-16/h4-9,11,13H,10,12H2,1-3H3. The predicted molar refractivity (Wildman–Crippen MR) is 110 cm³/mol. The summed E-state index contributed by atoms with van der Waals surface area (Å²) in [4.78, 5) is 19.2. The molecular formula is C22H21N3O5. The van der Waals surface area contributed by atoms with E-state index in [4.69, 9.17) is 18.4 Å². The molecule has 0 bridgehead atoms. The first-order valence-corrected chi connectivity index (χ1v) is 9.40. The summed E-state index contributed by atoms with van der Waals surface area (Å²) in [7, 11) is 3.34. The normalized spacial score (nSPS) is 10.9. The van der Waals surface area contributed by atoms with Crippen molar-refractivity contribution in [2.45, 2.75) is 6.92 Å². The Bertz CT molecular complexity index is 1150. The van der Waals surface area contributed by atoms with Crippen LogP contribution >= 0.6 is 0 Å². The van der Waals surface area contributed by atoms with E-state index in [1.165, 1.54) is 0 Å². The van der Waals surface area contributed by atoms with Gasteiger partial charge in [-0.1, -0.05) is 5.16 Å². The summed E-state index contributed by atoms with van der Waals surface area (Å²) in [5, 5.41) is 4.56. The Balaban J connectivity index is 1.52. The van der Waals surface area contributed by atoms with Gasteiger partial charge in [-0.3, -0.25) is 4.79 Å². The highest BCUT2D eigenvalue weighted by Gasteiger charge is 2.22. The molecule has 0 unspecified atom stereocenters. The maximum absolute atomic E-state index is 13.2. The van der Waals surface area contributed by atoms with Crippen molar-refractivity contribution in [3.8, 4) is 23.0 Å². The zero-order chi connectivity index (χ0) is 21.1. The Morgan fingerprint density at radius 3 is 2.63 bits per heavy atom. The minimum Gasteiger partial charge on any atom is -0.497 e. The van der Waals surface area contributed by atoms with Crippen LogP contribution in [0.1, 0.15) is 16.1 Å². The van der Waals surface area contributed by atoms with Gasteiger partial charge in [0.05, 0.1) is 36.6 Å². The molecule has 0 radical (unpaired) electrons. The van der Waals surface area contributed by atoms with Crippen LogP contribution in [-0.2, 0) is 0 Å². The molecule has 0 aliphatic rings. The van der Waals surface area contributed by atoms with Crippen LogP contribution in [0.4, 0.5) is 0 Å². The Morgan fingerprint density at radius 1 is 1.17 bits per heavy atom. The number of hydrogen-bond acceptors (Lipinski definition) is 7. The number of rotatable bonds is 7. The summed E-state index contributed by atoms with van der Waals surface area (Å²) in [5.41, 5.74) is 1.87. The van der Waals surface area contributed by atoms with Gasteiger partial charge in [0, 0.05) is 7.05 Å². The van der Waals surface area contributed by atoms with Gasteiger partial charge < -0.3 is 23.3 Å². The summed E-state index contributed by atoms with van der Waals surface area (Å²) < 4.78 is 21.6. The number of fused-ring (bicyclic) bond motifs is 1. The van der Waals surface area contributed by atoms with E-state index in [0.717, 1.165) is 5.75 Å². The van der Waals surface area contributed by atoms with Crippen molar-refractivity contribution in [1.29, 1.82) is 0 Å². The minimum absolute atomic E-state index is 0.181. The van der Waals surface area contributed by atoms with Gasteiger partial charge in [-0.2, -0.15) is 0 Å². The molecule has 30 heavy (non-hydrogen) atoms. The smallest absolute Gasteiger partial charge is 0.259 e. The Kier molecular flexibility index (Phi) is 5.38. The maximum atomic E-state index is 13.2. The van der Waals surface area contributed by atoms with E-state index in [0.29, 0.717) is 52.7 Å². The SMILES string of the molecule is COc1ccc(OCCN(C)C(=O)c2cc(-c3ccco3)nc3onc(C)c23)cc1. The second kappa shape index (κ2) is 8.28. The van der Waals surface area contributed by atoms with Crippen LogP contribution in [0.3, 0.4) is 0 Å². The molecule has 0 aliphatic heterocycles. The third-order valence-corrected chi connectivity index (χ3v) is 4.72. The summed E-state index contributed by atoms with van der Waals surface area (Å²) in [6.45, 7) is 2.52. The van der Waals surface area contributed by atoms with Crippen molar-refractivity contribution in [3.63, 3.8) is 0 Å². The predicted octanol–water partition coefficient (Wildman–Crippen LogP) is 3.95. The highest BCUT2D eigenvalue weighted by atomic mass is 16.5. The van der Waals surface area contributed by atoms with Gasteiger partial charge in [0.1, 0.15) is 23.8 Å². The number of benzene rings is 1. The lowest BCUT2D eigenvalue weighted by atomic mass is 10.1. The molecule has 154 valence electrons. The number of methoxy groups -OCH3 is 1. The molecule has 1 amide bonds. The van der Waals surface area contributed by atoms with E-state index in [-0.39, 0.29) is 5.91 Å². The fourth-order valence-corrected chi connectivity index (χ4v) is 3.09. The van der Waals surface area contributed by atoms with E-state index >= 15 is 0 Å². The van der Waals surface area contributed by atoms with Crippen molar-refractivity contribution in [2.75, 3.05) is 27.3 Å². The van der Waals surface area contributed by atoms with E-state index < -0.39 is 0 Å². The van der Waals surface area contributed by atoms with Gasteiger partial charge in [0.2, 0.25) is 0 Å². The number of amides is 1. The summed E-state index contributed by atoms with van der Waals surface area (Å²) in [6.07, 6.45) is 1.55. The van der Waals surface area contributed by atoms with Gasteiger partial charge in [0.25, 0.3) is 11.6 Å². The number of aromatic nitrogens is 2. The van der Waals surface area contributed by atoms with Gasteiger partial charge in [-0.05, 0) is 49.4 Å². The van der Waals surface area contributed by atoms with Crippen LogP contribution in [0, 0.1) is 6.92 Å². The molecule has 0 saturated carbocycles. The van der Waals surface area contributed by atoms with Gasteiger partial charge >= 0.3 is 0 Å². The van der Waals surface area contributed by atoms with Crippen molar-refractivity contribution < 1.29 is 23.2 Å². The maximum Gasteiger partial charge on any atom is 0.259 e. The van der Waals surface area contributed by atoms with E-state index in [9.17, 15) is 4.79 Å². The number of carbonyl (C=O) groups excluding carboxylic acids is 1. The molecule has 1 aromatic carbocycles. The largest absolute Gasteiger partial charge is 0.497 e. The second-order valence-electron chi connectivity index (χ2n) is 6.73. The molecule has 0 atom stereocenters. The Morgan fingerprint density at radius 2 is 1.93 bits per heavy atom. The Hall–Kier alpha value is -3.81.